The monoisotopic (exact) mass is 405 g/mol. The number of carbonyl (C=O) groups excluding carboxylic acids is 2. The molecule has 0 radical (unpaired) electrons. The summed E-state index contributed by atoms with van der Waals surface area (Å²) in [4.78, 5) is 29.4. The number of para-hydroxylation sites is 1. The number of nitrogens with one attached hydrogen (secondary N) is 2. The van der Waals surface area contributed by atoms with Crippen LogP contribution in [0.4, 0.5) is 5.69 Å². The quantitative estimate of drug-likeness (QED) is 0.455. The smallest absolute Gasteiger partial charge is 0.287 e. The second-order valence-electron chi connectivity index (χ2n) is 6.60. The lowest BCUT2D eigenvalue weighted by Gasteiger charge is -2.15. The highest BCUT2D eigenvalue weighted by Crippen LogP contribution is 2.28. The number of carbonyl (C=O) groups is 2. The summed E-state index contributed by atoms with van der Waals surface area (Å²) in [5.74, 6) is -0.667. The van der Waals surface area contributed by atoms with Gasteiger partial charge in [-0.05, 0) is 36.4 Å². The highest BCUT2D eigenvalue weighted by molar-refractivity contribution is 6.02. The minimum absolute atomic E-state index is 0.0116. The van der Waals surface area contributed by atoms with E-state index in [2.05, 4.69) is 15.6 Å². The van der Waals surface area contributed by atoms with Gasteiger partial charge in [0.15, 0.2) is 17.1 Å². The van der Waals surface area contributed by atoms with Gasteiger partial charge in [-0.3, -0.25) is 14.6 Å². The molecule has 0 spiro atoms. The Morgan fingerprint density at radius 3 is 2.77 bits per heavy atom. The fourth-order valence-electron chi connectivity index (χ4n) is 3.12. The van der Waals surface area contributed by atoms with Crippen LogP contribution in [0.25, 0.3) is 21.9 Å². The van der Waals surface area contributed by atoms with Crippen LogP contribution >= 0.6 is 0 Å². The summed E-state index contributed by atoms with van der Waals surface area (Å²) in [5, 5.41) is 16.4. The third-order valence-electron chi connectivity index (χ3n) is 4.63. The Balaban J connectivity index is 1.49. The second kappa shape index (κ2) is 8.22. The van der Waals surface area contributed by atoms with Crippen molar-refractivity contribution < 1.29 is 23.8 Å². The molecule has 0 aliphatic carbocycles. The van der Waals surface area contributed by atoms with Crippen molar-refractivity contribution in [2.75, 3.05) is 19.0 Å². The van der Waals surface area contributed by atoms with E-state index in [1.165, 1.54) is 7.11 Å². The maximum Gasteiger partial charge on any atom is 0.287 e. The number of fused-ring (bicyclic) bond motifs is 2. The molecule has 2 aromatic heterocycles. The minimum atomic E-state index is -1.16. The normalized spacial score (nSPS) is 11.9. The molecule has 0 fully saturated rings. The van der Waals surface area contributed by atoms with E-state index < -0.39 is 24.5 Å². The van der Waals surface area contributed by atoms with Gasteiger partial charge in [0.05, 0.1) is 19.2 Å². The number of pyridine rings is 1. The number of hydrogen-bond acceptors (Lipinski definition) is 6. The zero-order valence-electron chi connectivity index (χ0n) is 16.1. The van der Waals surface area contributed by atoms with Crippen molar-refractivity contribution in [2.45, 2.75) is 6.04 Å². The van der Waals surface area contributed by atoms with E-state index in [9.17, 15) is 14.7 Å². The molecular weight excluding hydrogens is 386 g/mol. The van der Waals surface area contributed by atoms with E-state index in [0.29, 0.717) is 22.4 Å². The standard InChI is InChI=1S/C22H19N3O5/c1-29-18-6-2-4-14-11-19(30-20(14)18)22(28)25-17(12-26)21(27)24-15-7-8-16-13(10-15)5-3-9-23-16/h2-11,17,26H,12H2,1H3,(H,24,27)(H,25,28). The van der Waals surface area contributed by atoms with Crippen LogP contribution in [0.15, 0.2) is 65.2 Å². The molecule has 152 valence electrons. The summed E-state index contributed by atoms with van der Waals surface area (Å²) in [5.41, 5.74) is 1.75. The molecule has 0 aliphatic rings. The van der Waals surface area contributed by atoms with Gasteiger partial charge in [-0.25, -0.2) is 0 Å². The number of aromatic nitrogens is 1. The number of methoxy groups -OCH3 is 1. The number of benzene rings is 2. The van der Waals surface area contributed by atoms with E-state index in [0.717, 1.165) is 10.9 Å². The molecule has 2 heterocycles. The zero-order chi connectivity index (χ0) is 21.1. The highest BCUT2D eigenvalue weighted by Gasteiger charge is 2.23. The number of nitrogens with zero attached hydrogens (tertiary/aromatic N) is 1. The topological polar surface area (TPSA) is 114 Å². The molecule has 0 aliphatic heterocycles. The summed E-state index contributed by atoms with van der Waals surface area (Å²) in [6, 6.07) is 14.6. The van der Waals surface area contributed by atoms with Crippen LogP contribution < -0.4 is 15.4 Å². The largest absolute Gasteiger partial charge is 0.493 e. The molecule has 2 aromatic carbocycles. The first kappa shape index (κ1) is 19.4. The zero-order valence-corrected chi connectivity index (χ0v) is 16.1. The van der Waals surface area contributed by atoms with E-state index in [4.69, 9.17) is 9.15 Å². The molecule has 4 aromatic rings. The molecule has 0 bridgehead atoms. The van der Waals surface area contributed by atoms with Gasteiger partial charge < -0.3 is 24.9 Å². The van der Waals surface area contributed by atoms with Crippen LogP contribution in [0.3, 0.4) is 0 Å². The van der Waals surface area contributed by atoms with E-state index in [1.807, 2.05) is 6.07 Å². The fraction of sp³-hybridized carbons (Fsp3) is 0.136. The van der Waals surface area contributed by atoms with Gasteiger partial charge in [0, 0.05) is 22.7 Å². The van der Waals surface area contributed by atoms with Gasteiger partial charge in [-0.15, -0.1) is 0 Å². The number of amides is 2. The number of aliphatic hydroxyl groups excluding tert-OH is 1. The molecule has 4 rings (SSSR count). The predicted octanol–water partition coefficient (Wildman–Crippen LogP) is 2.72. The molecular formula is C22H19N3O5. The lowest BCUT2D eigenvalue weighted by atomic mass is 10.2. The first-order valence-corrected chi connectivity index (χ1v) is 9.23. The van der Waals surface area contributed by atoms with Crippen LogP contribution in [-0.4, -0.2) is 41.7 Å². The number of furan rings is 1. The maximum absolute atomic E-state index is 12.6. The Labute approximate surface area is 171 Å². The third kappa shape index (κ3) is 3.81. The van der Waals surface area contributed by atoms with Gasteiger partial charge in [0.2, 0.25) is 5.91 Å². The molecule has 2 amide bonds. The molecule has 8 heteroatoms. The van der Waals surface area contributed by atoms with Crippen molar-refractivity contribution in [2.24, 2.45) is 0 Å². The van der Waals surface area contributed by atoms with Crippen LogP contribution in [-0.2, 0) is 4.79 Å². The van der Waals surface area contributed by atoms with Crippen molar-refractivity contribution in [1.82, 2.24) is 10.3 Å². The highest BCUT2D eigenvalue weighted by atomic mass is 16.5. The predicted molar refractivity (Wildman–Crippen MR) is 111 cm³/mol. The maximum atomic E-state index is 12.6. The lowest BCUT2D eigenvalue weighted by molar-refractivity contribution is -0.118. The SMILES string of the molecule is COc1cccc2cc(C(=O)NC(CO)C(=O)Nc3ccc4ncccc4c3)oc12. The average molecular weight is 405 g/mol. The molecule has 8 nitrogen and oxygen atoms in total. The first-order chi connectivity index (χ1) is 14.6. The van der Waals surface area contributed by atoms with Gasteiger partial charge >= 0.3 is 0 Å². The molecule has 0 saturated carbocycles. The van der Waals surface area contributed by atoms with Gasteiger partial charge in [0.1, 0.15) is 6.04 Å². The second-order valence-corrected chi connectivity index (χ2v) is 6.60. The van der Waals surface area contributed by atoms with Crippen LogP contribution in [0.5, 0.6) is 5.75 Å². The average Bonchev–Trinajstić information content (AvgIpc) is 3.21. The van der Waals surface area contributed by atoms with E-state index >= 15 is 0 Å². The molecule has 1 unspecified atom stereocenters. The molecule has 30 heavy (non-hydrogen) atoms. The minimum Gasteiger partial charge on any atom is -0.493 e. The number of ether oxygens (including phenoxy) is 1. The molecule has 0 saturated heterocycles. The summed E-state index contributed by atoms with van der Waals surface area (Å²) in [6.45, 7) is -0.573. The van der Waals surface area contributed by atoms with Gasteiger partial charge in [0.25, 0.3) is 5.91 Å². The Morgan fingerprint density at radius 1 is 1.13 bits per heavy atom. The summed E-state index contributed by atoms with van der Waals surface area (Å²) in [7, 11) is 1.51. The summed E-state index contributed by atoms with van der Waals surface area (Å²) >= 11 is 0. The van der Waals surface area contributed by atoms with Crippen molar-refractivity contribution in [3.8, 4) is 5.75 Å². The van der Waals surface area contributed by atoms with Gasteiger partial charge in [-0.2, -0.15) is 0 Å². The van der Waals surface area contributed by atoms with Crippen molar-refractivity contribution in [3.05, 3.63) is 66.6 Å². The Bertz CT molecular complexity index is 1230. The van der Waals surface area contributed by atoms with Crippen LogP contribution in [0.1, 0.15) is 10.6 Å². The number of hydrogen-bond donors (Lipinski definition) is 3. The van der Waals surface area contributed by atoms with E-state index in [1.54, 1.807) is 54.7 Å². The lowest BCUT2D eigenvalue weighted by Crippen LogP contribution is -2.46. The first-order valence-electron chi connectivity index (χ1n) is 9.23. The Kier molecular flexibility index (Phi) is 5.32. The molecule has 3 N–H and O–H groups in total. The van der Waals surface area contributed by atoms with Crippen molar-refractivity contribution in [3.63, 3.8) is 0 Å². The number of rotatable bonds is 6. The third-order valence-corrected chi connectivity index (χ3v) is 4.63. The Morgan fingerprint density at radius 2 is 1.97 bits per heavy atom. The van der Waals surface area contributed by atoms with Gasteiger partial charge in [-0.1, -0.05) is 18.2 Å². The Hall–Kier alpha value is -3.91. The fourth-order valence-corrected chi connectivity index (χ4v) is 3.12. The number of aliphatic hydroxyl groups is 1. The number of anilines is 1. The van der Waals surface area contributed by atoms with Crippen LogP contribution in [0.2, 0.25) is 0 Å². The summed E-state index contributed by atoms with van der Waals surface area (Å²) in [6.07, 6.45) is 1.69. The van der Waals surface area contributed by atoms with Crippen LogP contribution in [0, 0.1) is 0 Å². The summed E-state index contributed by atoms with van der Waals surface area (Å²) < 4.78 is 10.8. The van der Waals surface area contributed by atoms with Crippen molar-refractivity contribution in [1.29, 1.82) is 0 Å². The van der Waals surface area contributed by atoms with E-state index in [-0.39, 0.29) is 5.76 Å². The van der Waals surface area contributed by atoms with Crippen molar-refractivity contribution >= 4 is 39.4 Å². The molecule has 1 atom stereocenters.